The predicted octanol–water partition coefficient (Wildman–Crippen LogP) is 3.72. The highest BCUT2D eigenvalue weighted by molar-refractivity contribution is 6.19. The van der Waals surface area contributed by atoms with Crippen molar-refractivity contribution >= 4 is 40.3 Å². The molecule has 0 atom stereocenters. The highest BCUT2D eigenvalue weighted by Crippen LogP contribution is 2.29. The van der Waals surface area contributed by atoms with Gasteiger partial charge in [-0.15, -0.1) is 0 Å². The minimum atomic E-state index is -1.32. The first-order valence-electron chi connectivity index (χ1n) is 9.97. The number of nitrogens with zero attached hydrogens (tertiary/aromatic N) is 3. The average Bonchev–Trinajstić information content (AvgIpc) is 2.75. The van der Waals surface area contributed by atoms with Crippen LogP contribution < -0.4 is 4.90 Å². The van der Waals surface area contributed by atoms with E-state index in [1.54, 1.807) is 6.08 Å². The number of carboxylic acid groups (broad SMARTS) is 1. The van der Waals surface area contributed by atoms with Gasteiger partial charge in [0.05, 0.1) is 6.57 Å². The van der Waals surface area contributed by atoms with Crippen molar-refractivity contribution in [1.82, 2.24) is 4.90 Å². The fraction of sp³-hybridized carbons (Fsp3) is 0.250. The lowest BCUT2D eigenvalue weighted by molar-refractivity contribution is -0.149. The van der Waals surface area contributed by atoms with Crippen molar-refractivity contribution in [3.05, 3.63) is 70.2 Å². The van der Waals surface area contributed by atoms with Crippen molar-refractivity contribution in [2.75, 3.05) is 24.5 Å². The molecule has 2 aromatic carbocycles. The Balaban J connectivity index is 2.06. The van der Waals surface area contributed by atoms with E-state index in [0.29, 0.717) is 4.90 Å². The Morgan fingerprint density at radius 3 is 2.35 bits per heavy atom. The largest absolute Gasteiger partial charge is 0.480 e. The van der Waals surface area contributed by atoms with Crippen LogP contribution in [0, 0.1) is 6.57 Å². The second kappa shape index (κ2) is 8.84. The summed E-state index contributed by atoms with van der Waals surface area (Å²) in [5, 5.41) is 11.1. The molecule has 2 amide bonds. The molecule has 0 unspecified atom stereocenters. The van der Waals surface area contributed by atoms with Crippen LogP contribution >= 0.6 is 0 Å². The first-order chi connectivity index (χ1) is 14.8. The molecule has 1 heterocycles. The van der Waals surface area contributed by atoms with Crippen LogP contribution in [0.4, 0.5) is 5.69 Å². The fourth-order valence-electron chi connectivity index (χ4n) is 3.69. The van der Waals surface area contributed by atoms with Gasteiger partial charge in [0.1, 0.15) is 6.54 Å². The van der Waals surface area contributed by atoms with E-state index >= 15 is 0 Å². The lowest BCUT2D eigenvalue weighted by Gasteiger charge is -2.26. The molecule has 0 saturated heterocycles. The third-order valence-electron chi connectivity index (χ3n) is 5.38. The third kappa shape index (κ3) is 4.19. The second-order valence-electron chi connectivity index (χ2n) is 7.20. The predicted molar refractivity (Wildman–Crippen MR) is 119 cm³/mol. The zero-order valence-electron chi connectivity index (χ0n) is 17.7. The van der Waals surface area contributed by atoms with E-state index in [0.717, 1.165) is 35.1 Å². The van der Waals surface area contributed by atoms with Crippen molar-refractivity contribution in [2.24, 2.45) is 0 Å². The van der Waals surface area contributed by atoms with Crippen LogP contribution in [0.5, 0.6) is 0 Å². The van der Waals surface area contributed by atoms with Gasteiger partial charge in [-0.25, -0.2) is 4.85 Å². The third-order valence-corrected chi connectivity index (χ3v) is 5.38. The van der Waals surface area contributed by atoms with E-state index in [4.69, 9.17) is 11.7 Å². The number of benzene rings is 2. The SMILES string of the molecule is [C-]#[N+]C1=C(C)/C(=C/c2ccc3cc(N(CC)CC)ccc3c2)C(=O)N(CC(=O)O)C1=O. The Morgan fingerprint density at radius 1 is 1.10 bits per heavy atom. The summed E-state index contributed by atoms with van der Waals surface area (Å²) in [5.74, 6) is -2.91. The van der Waals surface area contributed by atoms with Crippen LogP contribution in [0.15, 0.2) is 53.2 Å². The summed E-state index contributed by atoms with van der Waals surface area (Å²) in [5.41, 5.74) is 2.01. The molecule has 0 aromatic heterocycles. The van der Waals surface area contributed by atoms with Crippen molar-refractivity contribution < 1.29 is 19.5 Å². The number of carbonyl (C=O) groups is 3. The van der Waals surface area contributed by atoms with E-state index < -0.39 is 24.3 Å². The van der Waals surface area contributed by atoms with Crippen LogP contribution in [-0.2, 0) is 14.4 Å². The number of imide groups is 1. The lowest BCUT2D eigenvalue weighted by Crippen LogP contribution is -2.45. The first kappa shape index (κ1) is 21.8. The summed E-state index contributed by atoms with van der Waals surface area (Å²) >= 11 is 0. The molecule has 7 heteroatoms. The molecule has 1 aliphatic rings. The molecule has 0 radical (unpaired) electrons. The van der Waals surface area contributed by atoms with Gasteiger partial charge in [0, 0.05) is 24.4 Å². The zero-order valence-corrected chi connectivity index (χ0v) is 17.7. The van der Waals surface area contributed by atoms with E-state index in [-0.39, 0.29) is 16.8 Å². The lowest BCUT2D eigenvalue weighted by atomic mass is 9.96. The molecule has 1 N–H and O–H groups in total. The number of amides is 2. The summed E-state index contributed by atoms with van der Waals surface area (Å²) in [7, 11) is 0. The van der Waals surface area contributed by atoms with Gasteiger partial charge in [-0.1, -0.05) is 18.2 Å². The summed E-state index contributed by atoms with van der Waals surface area (Å²) in [6.45, 7) is 14.1. The minimum Gasteiger partial charge on any atom is -0.480 e. The number of hydrogen-bond donors (Lipinski definition) is 1. The minimum absolute atomic E-state index is 0.144. The van der Waals surface area contributed by atoms with Crippen molar-refractivity contribution in [3.8, 4) is 0 Å². The number of anilines is 1. The molecule has 0 saturated carbocycles. The van der Waals surface area contributed by atoms with Gasteiger partial charge in [-0.3, -0.25) is 19.3 Å². The zero-order chi connectivity index (χ0) is 22.7. The van der Waals surface area contributed by atoms with Crippen molar-refractivity contribution in [2.45, 2.75) is 20.8 Å². The standard InChI is InChI=1S/C24H23N3O4/c1-5-26(6-2)19-10-9-17-11-16(7-8-18(17)13-19)12-20-15(3)22(25-4)24(31)27(23(20)30)14-21(28)29/h7-13H,5-6,14H2,1-3H3,(H,28,29)/b20-12-. The van der Waals surface area contributed by atoms with Crippen LogP contribution in [-0.4, -0.2) is 47.4 Å². The van der Waals surface area contributed by atoms with Gasteiger partial charge in [0.15, 0.2) is 0 Å². The van der Waals surface area contributed by atoms with Gasteiger partial charge in [-0.05, 0) is 67.0 Å². The van der Waals surface area contributed by atoms with Crippen molar-refractivity contribution in [1.29, 1.82) is 0 Å². The van der Waals surface area contributed by atoms with Gasteiger partial charge in [-0.2, -0.15) is 0 Å². The van der Waals surface area contributed by atoms with Crippen molar-refractivity contribution in [3.63, 3.8) is 0 Å². The molecular formula is C24H23N3O4. The molecular weight excluding hydrogens is 394 g/mol. The molecule has 1 aliphatic heterocycles. The quantitative estimate of drug-likeness (QED) is 0.440. The first-order valence-corrected chi connectivity index (χ1v) is 9.97. The number of fused-ring (bicyclic) bond motifs is 1. The Kier molecular flexibility index (Phi) is 6.21. The molecule has 158 valence electrons. The maximum Gasteiger partial charge on any atom is 0.323 e. The highest BCUT2D eigenvalue weighted by Gasteiger charge is 2.36. The van der Waals surface area contributed by atoms with Crippen LogP contribution in [0.25, 0.3) is 21.7 Å². The summed E-state index contributed by atoms with van der Waals surface area (Å²) in [4.78, 5) is 42.4. The van der Waals surface area contributed by atoms with Gasteiger partial charge < -0.3 is 10.0 Å². The van der Waals surface area contributed by atoms with Crippen LogP contribution in [0.1, 0.15) is 26.3 Å². The molecule has 0 spiro atoms. The molecule has 3 rings (SSSR count). The number of carboxylic acids is 1. The summed E-state index contributed by atoms with van der Waals surface area (Å²) < 4.78 is 0. The smallest absolute Gasteiger partial charge is 0.323 e. The van der Waals surface area contributed by atoms with Gasteiger partial charge in [0.25, 0.3) is 17.5 Å². The summed E-state index contributed by atoms with van der Waals surface area (Å²) in [6, 6.07) is 11.9. The molecule has 2 aromatic rings. The Morgan fingerprint density at radius 2 is 1.74 bits per heavy atom. The molecule has 31 heavy (non-hydrogen) atoms. The van der Waals surface area contributed by atoms with E-state index in [9.17, 15) is 14.4 Å². The van der Waals surface area contributed by atoms with Crippen LogP contribution in [0.2, 0.25) is 0 Å². The van der Waals surface area contributed by atoms with E-state index in [1.807, 2.05) is 30.3 Å². The molecule has 0 bridgehead atoms. The van der Waals surface area contributed by atoms with E-state index in [2.05, 4.69) is 29.7 Å². The maximum atomic E-state index is 12.8. The molecule has 0 aliphatic carbocycles. The van der Waals surface area contributed by atoms with Gasteiger partial charge >= 0.3 is 5.97 Å². The topological polar surface area (TPSA) is 82.3 Å². The maximum absolute atomic E-state index is 12.8. The van der Waals surface area contributed by atoms with Crippen LogP contribution in [0.3, 0.4) is 0 Å². The number of aliphatic carboxylic acids is 1. The Labute approximate surface area is 180 Å². The molecule has 7 nitrogen and oxygen atoms in total. The average molecular weight is 417 g/mol. The van der Waals surface area contributed by atoms with Gasteiger partial charge in [0.2, 0.25) is 0 Å². The van der Waals surface area contributed by atoms with E-state index in [1.165, 1.54) is 6.92 Å². The Bertz CT molecular complexity index is 1180. The number of rotatable bonds is 6. The number of hydrogen-bond acceptors (Lipinski definition) is 4. The molecule has 0 fully saturated rings. The monoisotopic (exact) mass is 417 g/mol. The Hall–Kier alpha value is -3.92. The second-order valence-corrected chi connectivity index (χ2v) is 7.20. The highest BCUT2D eigenvalue weighted by atomic mass is 16.4. The number of carbonyl (C=O) groups excluding carboxylic acids is 2. The summed E-state index contributed by atoms with van der Waals surface area (Å²) in [6.07, 6.45) is 1.60. The fourth-order valence-corrected chi connectivity index (χ4v) is 3.69. The normalized spacial score (nSPS) is 15.5.